The maximum absolute atomic E-state index is 13.5. The Morgan fingerprint density at radius 3 is 2.15 bits per heavy atom. The third kappa shape index (κ3) is 4.85. The number of amides is 1. The number of carboxylic acid groups (broad SMARTS) is 1. The van der Waals surface area contributed by atoms with E-state index in [1.54, 1.807) is 9.58 Å². The highest BCUT2D eigenvalue weighted by molar-refractivity contribution is 6.01. The molecule has 6 nitrogen and oxygen atoms in total. The summed E-state index contributed by atoms with van der Waals surface area (Å²) in [4.78, 5) is 27.1. The Labute approximate surface area is 194 Å². The fourth-order valence-corrected chi connectivity index (χ4v) is 4.57. The molecule has 1 aliphatic rings. The average Bonchev–Trinajstić information content (AvgIpc) is 3.25. The van der Waals surface area contributed by atoms with Gasteiger partial charge in [0.2, 0.25) is 5.91 Å². The number of aromatic carboxylic acids is 1. The molecular formula is C27H31N3O3. The van der Waals surface area contributed by atoms with E-state index >= 15 is 0 Å². The predicted molar refractivity (Wildman–Crippen MR) is 130 cm³/mol. The van der Waals surface area contributed by atoms with E-state index in [4.69, 9.17) is 0 Å². The second kappa shape index (κ2) is 9.61. The minimum Gasteiger partial charge on any atom is -0.477 e. The molecule has 0 atom stereocenters. The molecule has 0 saturated heterocycles. The van der Waals surface area contributed by atoms with Crippen molar-refractivity contribution >= 4 is 17.7 Å². The fraction of sp³-hybridized carbons (Fsp3) is 0.370. The van der Waals surface area contributed by atoms with Gasteiger partial charge < -0.3 is 5.11 Å². The van der Waals surface area contributed by atoms with Gasteiger partial charge in [0.1, 0.15) is 5.56 Å². The van der Waals surface area contributed by atoms with Crippen molar-refractivity contribution in [2.45, 2.75) is 52.5 Å². The maximum atomic E-state index is 13.5. The first-order chi connectivity index (χ1) is 15.8. The third-order valence-corrected chi connectivity index (χ3v) is 6.51. The predicted octanol–water partition coefficient (Wildman–Crippen LogP) is 5.81. The van der Waals surface area contributed by atoms with Crippen LogP contribution in [0, 0.1) is 11.8 Å². The summed E-state index contributed by atoms with van der Waals surface area (Å²) >= 11 is 0. The van der Waals surface area contributed by atoms with Gasteiger partial charge in [-0.1, -0.05) is 49.4 Å². The van der Waals surface area contributed by atoms with E-state index in [1.165, 1.54) is 6.20 Å². The highest BCUT2D eigenvalue weighted by atomic mass is 16.4. The molecule has 1 aliphatic carbocycles. The lowest BCUT2D eigenvalue weighted by molar-refractivity contribution is -0.123. The Kier molecular flexibility index (Phi) is 6.63. The molecule has 33 heavy (non-hydrogen) atoms. The van der Waals surface area contributed by atoms with Crippen molar-refractivity contribution in [2.75, 3.05) is 4.90 Å². The molecule has 1 amide bonds. The van der Waals surface area contributed by atoms with Crippen LogP contribution >= 0.6 is 0 Å². The Balaban J connectivity index is 1.66. The Morgan fingerprint density at radius 2 is 1.58 bits per heavy atom. The Bertz CT molecular complexity index is 1110. The number of hydrogen-bond acceptors (Lipinski definition) is 3. The van der Waals surface area contributed by atoms with E-state index in [1.807, 2.05) is 68.4 Å². The van der Waals surface area contributed by atoms with Crippen molar-refractivity contribution in [3.8, 4) is 16.8 Å². The van der Waals surface area contributed by atoms with Crippen LogP contribution in [0.3, 0.4) is 0 Å². The summed E-state index contributed by atoms with van der Waals surface area (Å²) in [5.74, 6) is -0.347. The van der Waals surface area contributed by atoms with Crippen LogP contribution in [-0.2, 0) is 4.79 Å². The van der Waals surface area contributed by atoms with Crippen molar-refractivity contribution in [1.29, 1.82) is 0 Å². The van der Waals surface area contributed by atoms with Crippen molar-refractivity contribution in [1.82, 2.24) is 9.78 Å². The second-order valence-corrected chi connectivity index (χ2v) is 9.29. The highest BCUT2D eigenvalue weighted by Crippen LogP contribution is 2.33. The molecule has 0 radical (unpaired) electrons. The van der Waals surface area contributed by atoms with Gasteiger partial charge in [-0.3, -0.25) is 9.69 Å². The lowest BCUT2D eigenvalue weighted by atomic mass is 9.82. The van der Waals surface area contributed by atoms with E-state index in [-0.39, 0.29) is 29.2 Å². The monoisotopic (exact) mass is 445 g/mol. The van der Waals surface area contributed by atoms with E-state index in [9.17, 15) is 14.7 Å². The summed E-state index contributed by atoms with van der Waals surface area (Å²) in [6.07, 6.45) is 5.23. The largest absolute Gasteiger partial charge is 0.477 e. The molecule has 3 aromatic rings. The van der Waals surface area contributed by atoms with Gasteiger partial charge in [0.05, 0.1) is 5.69 Å². The van der Waals surface area contributed by atoms with Gasteiger partial charge >= 0.3 is 5.97 Å². The van der Waals surface area contributed by atoms with Crippen molar-refractivity contribution < 1.29 is 14.7 Å². The van der Waals surface area contributed by atoms with Gasteiger partial charge in [0, 0.05) is 18.2 Å². The number of benzene rings is 2. The molecule has 2 aromatic carbocycles. The number of hydrogen-bond donors (Lipinski definition) is 1. The van der Waals surface area contributed by atoms with Crippen molar-refractivity contribution in [2.24, 2.45) is 11.8 Å². The fourth-order valence-electron chi connectivity index (χ4n) is 4.57. The number of rotatable bonds is 6. The topological polar surface area (TPSA) is 75.4 Å². The highest BCUT2D eigenvalue weighted by Gasteiger charge is 2.34. The number of aromatic nitrogens is 2. The van der Waals surface area contributed by atoms with Crippen molar-refractivity contribution in [3.05, 3.63) is 66.4 Å². The molecular weight excluding hydrogens is 414 g/mol. The Hall–Kier alpha value is -3.41. The van der Waals surface area contributed by atoms with E-state index in [0.29, 0.717) is 5.92 Å². The molecule has 1 heterocycles. The summed E-state index contributed by atoms with van der Waals surface area (Å²) < 4.78 is 1.55. The van der Waals surface area contributed by atoms with Crippen LogP contribution in [0.5, 0.6) is 0 Å². The minimum absolute atomic E-state index is 0.0240. The molecule has 0 bridgehead atoms. The van der Waals surface area contributed by atoms with Gasteiger partial charge in [0.25, 0.3) is 0 Å². The van der Waals surface area contributed by atoms with Crippen LogP contribution in [-0.4, -0.2) is 32.8 Å². The lowest BCUT2D eigenvalue weighted by Gasteiger charge is -2.32. The van der Waals surface area contributed by atoms with Gasteiger partial charge in [-0.05, 0) is 68.7 Å². The van der Waals surface area contributed by atoms with Crippen LogP contribution in [0.15, 0.2) is 60.8 Å². The SMILES string of the molecule is CC1CCC(C(=O)N(c2nn(-c3ccc(-c4ccccc4)cc3)cc2C(=O)O)C(C)C)CC1. The van der Waals surface area contributed by atoms with Crippen LogP contribution in [0.1, 0.15) is 56.8 Å². The Morgan fingerprint density at radius 1 is 0.970 bits per heavy atom. The molecule has 6 heteroatoms. The van der Waals surface area contributed by atoms with Gasteiger partial charge in [-0.25, -0.2) is 9.48 Å². The summed E-state index contributed by atoms with van der Waals surface area (Å²) in [7, 11) is 0. The second-order valence-electron chi connectivity index (χ2n) is 9.29. The first kappa shape index (κ1) is 22.8. The number of carbonyl (C=O) groups excluding carboxylic acids is 1. The summed E-state index contributed by atoms with van der Waals surface area (Å²) in [5, 5.41) is 14.5. The van der Waals surface area contributed by atoms with Crippen LogP contribution in [0.2, 0.25) is 0 Å². The molecule has 0 aliphatic heterocycles. The smallest absolute Gasteiger partial charge is 0.341 e. The zero-order chi connectivity index (χ0) is 23.5. The van der Waals surface area contributed by atoms with Crippen molar-refractivity contribution in [3.63, 3.8) is 0 Å². The summed E-state index contributed by atoms with van der Waals surface area (Å²) in [6.45, 7) is 6.03. The number of carboxylic acids is 1. The van der Waals surface area contributed by atoms with Crippen LogP contribution < -0.4 is 4.90 Å². The standard InChI is InChI=1S/C27H31N3O3/c1-18(2)30(26(31)22-11-9-19(3)10-12-22)25-24(27(32)33)17-29(28-25)23-15-13-21(14-16-23)20-7-5-4-6-8-20/h4-8,13-19,22H,9-12H2,1-3H3,(H,32,33). The number of nitrogens with zero attached hydrogens (tertiary/aromatic N) is 3. The van der Waals surface area contributed by atoms with Gasteiger partial charge in [0.15, 0.2) is 5.82 Å². The summed E-state index contributed by atoms with van der Waals surface area (Å²) in [5.41, 5.74) is 2.95. The zero-order valence-corrected chi connectivity index (χ0v) is 19.4. The van der Waals surface area contributed by atoms with Crippen LogP contribution in [0.25, 0.3) is 16.8 Å². The molecule has 4 rings (SSSR count). The van der Waals surface area contributed by atoms with E-state index < -0.39 is 5.97 Å². The normalized spacial score (nSPS) is 18.3. The van der Waals surface area contributed by atoms with E-state index in [2.05, 4.69) is 12.0 Å². The first-order valence-electron chi connectivity index (χ1n) is 11.7. The molecule has 0 spiro atoms. The third-order valence-electron chi connectivity index (χ3n) is 6.51. The van der Waals surface area contributed by atoms with E-state index in [0.717, 1.165) is 42.5 Å². The molecule has 172 valence electrons. The molecule has 1 aromatic heterocycles. The molecule has 1 saturated carbocycles. The number of carbonyl (C=O) groups is 2. The molecule has 0 unspecified atom stereocenters. The zero-order valence-electron chi connectivity index (χ0n) is 19.4. The molecule has 1 N–H and O–H groups in total. The average molecular weight is 446 g/mol. The quantitative estimate of drug-likeness (QED) is 0.520. The van der Waals surface area contributed by atoms with Crippen LogP contribution in [0.4, 0.5) is 5.82 Å². The maximum Gasteiger partial charge on any atom is 0.341 e. The van der Waals surface area contributed by atoms with Gasteiger partial charge in [-0.15, -0.1) is 5.10 Å². The summed E-state index contributed by atoms with van der Waals surface area (Å²) in [6, 6.07) is 17.7. The minimum atomic E-state index is -1.09. The lowest BCUT2D eigenvalue weighted by Crippen LogP contribution is -2.43. The number of anilines is 1. The first-order valence-corrected chi connectivity index (χ1v) is 11.7. The van der Waals surface area contributed by atoms with Gasteiger partial charge in [-0.2, -0.15) is 0 Å². The molecule has 1 fully saturated rings.